The molecule has 0 saturated heterocycles. The summed E-state index contributed by atoms with van der Waals surface area (Å²) < 4.78 is 0. The minimum atomic E-state index is 0.774. The fourth-order valence-corrected chi connectivity index (χ4v) is 9.22. The molecule has 4 heterocycles. The van der Waals surface area contributed by atoms with Crippen molar-refractivity contribution in [1.29, 1.82) is 0 Å². The molecule has 0 unspecified atom stereocenters. The van der Waals surface area contributed by atoms with Crippen LogP contribution in [0.15, 0.2) is 170 Å². The predicted molar refractivity (Wildman–Crippen MR) is 232 cm³/mol. The van der Waals surface area contributed by atoms with Crippen LogP contribution in [0.3, 0.4) is 0 Å². The van der Waals surface area contributed by atoms with E-state index < -0.39 is 0 Å². The van der Waals surface area contributed by atoms with Crippen LogP contribution in [0.4, 0.5) is 0 Å². The SMILES string of the molecule is c1cc(-c2nnc(-c3ccc(-c4nnc(-c5cccc(-c6cc7ccccc7c7ccccc67)n5)s4)cc3)s2)nc(-c2cc3ccccc3c3ccccc23)c1. The van der Waals surface area contributed by atoms with Gasteiger partial charge >= 0.3 is 0 Å². The third kappa shape index (κ3) is 5.62. The van der Waals surface area contributed by atoms with E-state index in [2.05, 4.69) is 166 Å². The van der Waals surface area contributed by atoms with Gasteiger partial charge in [-0.05, 0) is 79.5 Å². The summed E-state index contributed by atoms with van der Waals surface area (Å²) in [5.41, 5.74) is 7.58. The van der Waals surface area contributed by atoms with Crippen LogP contribution in [0, 0.1) is 0 Å². The lowest BCUT2D eigenvalue weighted by molar-refractivity contribution is 1.09. The Morgan fingerprint density at radius 2 is 0.643 bits per heavy atom. The van der Waals surface area contributed by atoms with Gasteiger partial charge < -0.3 is 0 Å². The molecule has 0 fully saturated rings. The van der Waals surface area contributed by atoms with Crippen molar-refractivity contribution < 1.29 is 0 Å². The summed E-state index contributed by atoms with van der Waals surface area (Å²) in [5.74, 6) is 0. The van der Waals surface area contributed by atoms with Crippen molar-refractivity contribution in [1.82, 2.24) is 30.4 Å². The van der Waals surface area contributed by atoms with Gasteiger partial charge in [-0.15, -0.1) is 20.4 Å². The van der Waals surface area contributed by atoms with E-state index in [0.717, 1.165) is 65.1 Å². The van der Waals surface area contributed by atoms with Gasteiger partial charge in [0.25, 0.3) is 0 Å². The molecule has 0 N–H and O–H groups in total. The Morgan fingerprint density at radius 3 is 1.09 bits per heavy atom. The Balaban J connectivity index is 0.862. The summed E-state index contributed by atoms with van der Waals surface area (Å²) in [5, 5.41) is 31.1. The Hall–Kier alpha value is -7.00. The smallest absolute Gasteiger partial charge is 0.166 e. The molecule has 0 aliphatic heterocycles. The fourth-order valence-electron chi connectivity index (χ4n) is 7.58. The maximum Gasteiger partial charge on any atom is 0.166 e. The van der Waals surface area contributed by atoms with Crippen LogP contribution in [0.1, 0.15) is 0 Å². The van der Waals surface area contributed by atoms with E-state index in [9.17, 15) is 0 Å². The summed E-state index contributed by atoms with van der Waals surface area (Å²) in [4.78, 5) is 10.2. The van der Waals surface area contributed by atoms with E-state index in [-0.39, 0.29) is 0 Å². The predicted octanol–water partition coefficient (Wildman–Crippen LogP) is 12.8. The average molecular weight is 753 g/mol. The molecule has 11 rings (SSSR count). The molecule has 7 aromatic carbocycles. The van der Waals surface area contributed by atoms with E-state index >= 15 is 0 Å². The Labute approximate surface area is 329 Å². The van der Waals surface area contributed by atoms with Gasteiger partial charge in [-0.3, -0.25) is 0 Å². The molecule has 0 amide bonds. The average Bonchev–Trinajstić information content (AvgIpc) is 3.98. The van der Waals surface area contributed by atoms with Gasteiger partial charge in [0.1, 0.15) is 21.4 Å². The molecule has 6 nitrogen and oxygen atoms in total. The van der Waals surface area contributed by atoms with E-state index in [1.165, 1.54) is 65.8 Å². The minimum absolute atomic E-state index is 0.774. The second kappa shape index (κ2) is 13.4. The zero-order chi connectivity index (χ0) is 37.0. The minimum Gasteiger partial charge on any atom is -0.245 e. The van der Waals surface area contributed by atoms with Crippen molar-refractivity contribution in [2.75, 3.05) is 0 Å². The first-order valence-electron chi connectivity index (χ1n) is 18.3. The van der Waals surface area contributed by atoms with Gasteiger partial charge in [-0.25, -0.2) is 9.97 Å². The summed E-state index contributed by atoms with van der Waals surface area (Å²) in [6.45, 7) is 0. The monoisotopic (exact) mass is 752 g/mol. The number of rotatable bonds is 6. The van der Waals surface area contributed by atoms with Gasteiger partial charge in [0.15, 0.2) is 10.0 Å². The van der Waals surface area contributed by atoms with Gasteiger partial charge in [0, 0.05) is 22.3 Å². The highest BCUT2D eigenvalue weighted by Gasteiger charge is 2.16. The van der Waals surface area contributed by atoms with E-state index in [1.54, 1.807) is 0 Å². The molecule has 0 aliphatic carbocycles. The topological polar surface area (TPSA) is 77.3 Å². The summed E-state index contributed by atoms with van der Waals surface area (Å²) in [6.07, 6.45) is 0. The normalized spacial score (nSPS) is 11.6. The van der Waals surface area contributed by atoms with Crippen LogP contribution in [0.2, 0.25) is 0 Å². The largest absolute Gasteiger partial charge is 0.245 e. The van der Waals surface area contributed by atoms with E-state index in [1.807, 2.05) is 24.3 Å². The second-order valence-corrected chi connectivity index (χ2v) is 15.6. The molecule has 11 aromatic rings. The highest BCUT2D eigenvalue weighted by molar-refractivity contribution is 7.18. The fraction of sp³-hybridized carbons (Fsp3) is 0. The highest BCUT2D eigenvalue weighted by atomic mass is 32.1. The number of aromatic nitrogens is 6. The molecule has 262 valence electrons. The molecule has 0 spiro atoms. The van der Waals surface area contributed by atoms with Gasteiger partial charge in [-0.1, -0.05) is 156 Å². The molecular formula is C48H28N6S2. The Bertz CT molecular complexity index is 3060. The number of benzene rings is 7. The standard InChI is InChI=1S/C48H28N6S2/c1-3-13-33-31(11-1)27-39(37-17-7-5-15-35(33)37)41-19-9-21-43(49-41)47-53-51-45(55-47)29-23-25-30(26-24-29)46-52-54-48(56-46)44-22-10-20-42(50-44)40-28-32-12-2-4-14-34(32)36-16-6-8-18-38(36)40/h1-28H. The summed E-state index contributed by atoms with van der Waals surface area (Å²) >= 11 is 3.07. The first-order chi connectivity index (χ1) is 27.7. The Kier molecular flexibility index (Phi) is 7.75. The number of fused-ring (bicyclic) bond motifs is 6. The lowest BCUT2D eigenvalue weighted by Crippen LogP contribution is -1.90. The number of pyridine rings is 2. The zero-order valence-electron chi connectivity index (χ0n) is 29.7. The van der Waals surface area contributed by atoms with E-state index in [4.69, 9.17) is 9.97 Å². The summed E-state index contributed by atoms with van der Waals surface area (Å²) in [7, 11) is 0. The molecule has 4 aromatic heterocycles. The molecule has 0 bridgehead atoms. The molecule has 56 heavy (non-hydrogen) atoms. The molecule has 0 saturated carbocycles. The lowest BCUT2D eigenvalue weighted by Gasteiger charge is -2.11. The van der Waals surface area contributed by atoms with Crippen LogP contribution < -0.4 is 0 Å². The Morgan fingerprint density at radius 1 is 0.286 bits per heavy atom. The highest BCUT2D eigenvalue weighted by Crippen LogP contribution is 2.38. The van der Waals surface area contributed by atoms with Crippen molar-refractivity contribution in [3.63, 3.8) is 0 Å². The van der Waals surface area contributed by atoms with Crippen molar-refractivity contribution in [2.24, 2.45) is 0 Å². The third-order valence-corrected chi connectivity index (χ3v) is 12.2. The number of nitrogens with zero attached hydrogens (tertiary/aromatic N) is 6. The summed E-state index contributed by atoms with van der Waals surface area (Å²) in [6, 6.07) is 59.0. The molecule has 0 aliphatic rings. The maximum absolute atomic E-state index is 5.10. The van der Waals surface area contributed by atoms with Crippen molar-refractivity contribution >= 4 is 65.8 Å². The van der Waals surface area contributed by atoms with Crippen molar-refractivity contribution in [2.45, 2.75) is 0 Å². The van der Waals surface area contributed by atoms with Crippen LogP contribution in [-0.4, -0.2) is 30.4 Å². The van der Waals surface area contributed by atoms with Crippen LogP contribution in [-0.2, 0) is 0 Å². The third-order valence-electron chi connectivity index (χ3n) is 10.3. The number of hydrogen-bond acceptors (Lipinski definition) is 8. The van der Waals surface area contributed by atoms with Crippen molar-refractivity contribution in [3.8, 4) is 65.1 Å². The first kappa shape index (κ1) is 32.4. The quantitative estimate of drug-likeness (QED) is 0.157. The molecule has 0 radical (unpaired) electrons. The molecular weight excluding hydrogens is 725 g/mol. The first-order valence-corrected chi connectivity index (χ1v) is 19.9. The van der Waals surface area contributed by atoms with Gasteiger partial charge in [0.2, 0.25) is 0 Å². The van der Waals surface area contributed by atoms with Crippen LogP contribution >= 0.6 is 22.7 Å². The molecule has 0 atom stereocenters. The van der Waals surface area contributed by atoms with Gasteiger partial charge in [0.05, 0.1) is 11.4 Å². The zero-order valence-corrected chi connectivity index (χ0v) is 31.3. The lowest BCUT2D eigenvalue weighted by atomic mass is 9.95. The maximum atomic E-state index is 5.10. The number of hydrogen-bond donors (Lipinski definition) is 0. The van der Waals surface area contributed by atoms with Crippen molar-refractivity contribution in [3.05, 3.63) is 170 Å². The molecule has 8 heteroatoms. The second-order valence-electron chi connectivity index (χ2n) is 13.6. The van der Waals surface area contributed by atoms with Crippen LogP contribution in [0.25, 0.3) is 108 Å². The van der Waals surface area contributed by atoms with Gasteiger partial charge in [-0.2, -0.15) is 0 Å². The van der Waals surface area contributed by atoms with E-state index in [0.29, 0.717) is 0 Å². The van der Waals surface area contributed by atoms with Crippen LogP contribution in [0.5, 0.6) is 0 Å².